The molecule has 0 saturated carbocycles. The molecule has 2 aromatic rings. The number of nitrogens with one attached hydrogen (secondary N) is 1. The number of benzene rings is 2. The van der Waals surface area contributed by atoms with E-state index in [-0.39, 0.29) is 23.9 Å². The van der Waals surface area contributed by atoms with Crippen LogP contribution in [-0.4, -0.2) is 22.7 Å². The fourth-order valence-electron chi connectivity index (χ4n) is 1.83. The number of amides is 1. The van der Waals surface area contributed by atoms with Crippen molar-refractivity contribution in [1.29, 1.82) is 0 Å². The zero-order valence-electron chi connectivity index (χ0n) is 10.8. The molecule has 0 aliphatic rings. The Labute approximate surface area is 116 Å². The van der Waals surface area contributed by atoms with Crippen LogP contribution in [0.25, 0.3) is 0 Å². The fraction of sp³-hybridized carbons (Fsp3) is 0.133. The van der Waals surface area contributed by atoms with Crippen LogP contribution in [0.4, 0.5) is 0 Å². The minimum absolute atomic E-state index is 0.0188. The summed E-state index contributed by atoms with van der Waals surface area (Å²) in [6.07, 6.45) is 0. The standard InChI is InChI=1S/C15H16N2O3/c16-12(10-5-2-1-3-6-10)9-17-15(20)11-7-4-8-13(18)14(11)19/h1-8,12,18-19H,9,16H2,(H,17,20). The van der Waals surface area contributed by atoms with Gasteiger partial charge in [0.2, 0.25) is 0 Å². The smallest absolute Gasteiger partial charge is 0.255 e. The van der Waals surface area contributed by atoms with E-state index in [1.54, 1.807) is 0 Å². The lowest BCUT2D eigenvalue weighted by Gasteiger charge is -2.13. The Morgan fingerprint density at radius 1 is 1.10 bits per heavy atom. The van der Waals surface area contributed by atoms with E-state index in [1.807, 2.05) is 30.3 Å². The SMILES string of the molecule is NC(CNC(=O)c1cccc(O)c1O)c1ccccc1. The molecule has 5 N–H and O–H groups in total. The molecule has 0 radical (unpaired) electrons. The van der Waals surface area contributed by atoms with Crippen molar-refractivity contribution in [2.24, 2.45) is 5.73 Å². The first kappa shape index (κ1) is 13.9. The normalized spacial score (nSPS) is 11.8. The Bertz CT molecular complexity index is 599. The first-order chi connectivity index (χ1) is 9.59. The Kier molecular flexibility index (Phi) is 4.22. The molecule has 5 heteroatoms. The van der Waals surface area contributed by atoms with Crippen molar-refractivity contribution in [2.45, 2.75) is 6.04 Å². The summed E-state index contributed by atoms with van der Waals surface area (Å²) in [5.41, 5.74) is 6.89. The molecule has 5 nitrogen and oxygen atoms in total. The molecule has 0 spiro atoms. The second kappa shape index (κ2) is 6.08. The maximum atomic E-state index is 11.9. The predicted octanol–water partition coefficient (Wildman–Crippen LogP) is 1.53. The van der Waals surface area contributed by atoms with Crippen molar-refractivity contribution in [3.63, 3.8) is 0 Å². The molecule has 0 heterocycles. The van der Waals surface area contributed by atoms with E-state index < -0.39 is 11.7 Å². The molecule has 0 aromatic heterocycles. The van der Waals surface area contributed by atoms with Gasteiger partial charge in [-0.2, -0.15) is 0 Å². The Morgan fingerprint density at radius 3 is 2.50 bits per heavy atom. The van der Waals surface area contributed by atoms with Crippen molar-refractivity contribution >= 4 is 5.91 Å². The maximum Gasteiger partial charge on any atom is 0.255 e. The van der Waals surface area contributed by atoms with E-state index >= 15 is 0 Å². The Hall–Kier alpha value is -2.53. The molecule has 0 aliphatic heterocycles. The van der Waals surface area contributed by atoms with Gasteiger partial charge in [-0.25, -0.2) is 0 Å². The third kappa shape index (κ3) is 3.07. The van der Waals surface area contributed by atoms with Gasteiger partial charge in [0.15, 0.2) is 11.5 Å². The van der Waals surface area contributed by atoms with Gasteiger partial charge in [0.05, 0.1) is 5.56 Å². The summed E-state index contributed by atoms with van der Waals surface area (Å²) in [6.45, 7) is 0.234. The average Bonchev–Trinajstić information content (AvgIpc) is 2.48. The number of hydrogen-bond donors (Lipinski definition) is 4. The molecule has 1 atom stereocenters. The van der Waals surface area contributed by atoms with Gasteiger partial charge in [-0.3, -0.25) is 4.79 Å². The van der Waals surface area contributed by atoms with Crippen LogP contribution in [0.1, 0.15) is 22.0 Å². The number of rotatable bonds is 4. The molecule has 0 fully saturated rings. The fourth-order valence-corrected chi connectivity index (χ4v) is 1.83. The molecule has 0 bridgehead atoms. The summed E-state index contributed by atoms with van der Waals surface area (Å²) >= 11 is 0. The second-order valence-corrected chi connectivity index (χ2v) is 4.40. The summed E-state index contributed by atoms with van der Waals surface area (Å²) in [7, 11) is 0. The lowest BCUT2D eigenvalue weighted by Crippen LogP contribution is -2.31. The number of carbonyl (C=O) groups is 1. The van der Waals surface area contributed by atoms with Crippen LogP contribution >= 0.6 is 0 Å². The summed E-state index contributed by atoms with van der Waals surface area (Å²) in [5.74, 6) is -1.24. The lowest BCUT2D eigenvalue weighted by molar-refractivity contribution is 0.0948. The zero-order chi connectivity index (χ0) is 14.5. The number of phenolic OH excluding ortho intramolecular Hbond substituents is 2. The van der Waals surface area contributed by atoms with Crippen molar-refractivity contribution in [2.75, 3.05) is 6.54 Å². The Morgan fingerprint density at radius 2 is 1.80 bits per heavy atom. The molecule has 1 amide bonds. The number of carbonyl (C=O) groups excluding carboxylic acids is 1. The van der Waals surface area contributed by atoms with Crippen LogP contribution < -0.4 is 11.1 Å². The van der Waals surface area contributed by atoms with E-state index in [0.29, 0.717) is 0 Å². The lowest BCUT2D eigenvalue weighted by atomic mass is 10.1. The molecular weight excluding hydrogens is 256 g/mol. The van der Waals surface area contributed by atoms with Gasteiger partial charge in [0.1, 0.15) is 0 Å². The van der Waals surface area contributed by atoms with Crippen molar-refractivity contribution in [3.05, 3.63) is 59.7 Å². The summed E-state index contributed by atoms with van der Waals surface area (Å²) in [5, 5.41) is 21.6. The van der Waals surface area contributed by atoms with Gasteiger partial charge in [0, 0.05) is 12.6 Å². The van der Waals surface area contributed by atoms with Crippen LogP contribution in [0.5, 0.6) is 11.5 Å². The van der Waals surface area contributed by atoms with Crippen LogP contribution in [0, 0.1) is 0 Å². The third-order valence-corrected chi connectivity index (χ3v) is 2.97. The number of phenols is 2. The monoisotopic (exact) mass is 272 g/mol. The first-order valence-electron chi connectivity index (χ1n) is 6.19. The minimum atomic E-state index is -0.482. The molecule has 1 unspecified atom stereocenters. The highest BCUT2D eigenvalue weighted by atomic mass is 16.3. The maximum absolute atomic E-state index is 11.9. The molecule has 0 saturated heterocycles. The average molecular weight is 272 g/mol. The highest BCUT2D eigenvalue weighted by molar-refractivity contribution is 5.97. The molecule has 2 aromatic carbocycles. The third-order valence-electron chi connectivity index (χ3n) is 2.97. The van der Waals surface area contributed by atoms with E-state index in [0.717, 1.165) is 5.56 Å². The summed E-state index contributed by atoms with van der Waals surface area (Å²) in [6, 6.07) is 13.3. The van der Waals surface area contributed by atoms with Crippen LogP contribution in [0.3, 0.4) is 0 Å². The van der Waals surface area contributed by atoms with Gasteiger partial charge >= 0.3 is 0 Å². The van der Waals surface area contributed by atoms with Crippen LogP contribution in [0.2, 0.25) is 0 Å². The van der Waals surface area contributed by atoms with Crippen molar-refractivity contribution < 1.29 is 15.0 Å². The first-order valence-corrected chi connectivity index (χ1v) is 6.19. The van der Waals surface area contributed by atoms with E-state index in [9.17, 15) is 15.0 Å². The van der Waals surface area contributed by atoms with Gasteiger partial charge in [-0.15, -0.1) is 0 Å². The van der Waals surface area contributed by atoms with Crippen LogP contribution in [-0.2, 0) is 0 Å². The quantitative estimate of drug-likeness (QED) is 0.635. The summed E-state index contributed by atoms with van der Waals surface area (Å²) < 4.78 is 0. The Balaban J connectivity index is 2.01. The summed E-state index contributed by atoms with van der Waals surface area (Å²) in [4.78, 5) is 11.9. The van der Waals surface area contributed by atoms with Crippen molar-refractivity contribution in [3.8, 4) is 11.5 Å². The van der Waals surface area contributed by atoms with E-state index in [4.69, 9.17) is 5.73 Å². The number of nitrogens with two attached hydrogens (primary N) is 1. The predicted molar refractivity (Wildman–Crippen MR) is 75.5 cm³/mol. The number of aromatic hydroxyl groups is 2. The van der Waals surface area contributed by atoms with Gasteiger partial charge in [-0.05, 0) is 17.7 Å². The van der Waals surface area contributed by atoms with Gasteiger partial charge in [0.25, 0.3) is 5.91 Å². The van der Waals surface area contributed by atoms with Crippen LogP contribution in [0.15, 0.2) is 48.5 Å². The molecular formula is C15H16N2O3. The molecule has 20 heavy (non-hydrogen) atoms. The highest BCUT2D eigenvalue weighted by Gasteiger charge is 2.15. The molecule has 0 aliphatic carbocycles. The molecule has 104 valence electrons. The zero-order valence-corrected chi connectivity index (χ0v) is 10.8. The van der Waals surface area contributed by atoms with E-state index in [1.165, 1.54) is 18.2 Å². The minimum Gasteiger partial charge on any atom is -0.504 e. The van der Waals surface area contributed by atoms with Gasteiger partial charge < -0.3 is 21.3 Å². The van der Waals surface area contributed by atoms with Crippen molar-refractivity contribution in [1.82, 2.24) is 5.32 Å². The van der Waals surface area contributed by atoms with E-state index in [2.05, 4.69) is 5.32 Å². The highest BCUT2D eigenvalue weighted by Crippen LogP contribution is 2.27. The second-order valence-electron chi connectivity index (χ2n) is 4.40. The number of hydrogen-bond acceptors (Lipinski definition) is 4. The topological polar surface area (TPSA) is 95.6 Å². The van der Waals surface area contributed by atoms with Gasteiger partial charge in [-0.1, -0.05) is 36.4 Å². The molecule has 2 rings (SSSR count). The number of para-hydroxylation sites is 1. The largest absolute Gasteiger partial charge is 0.504 e.